The molecule has 2 saturated heterocycles. The topological polar surface area (TPSA) is 57.2 Å². The van der Waals surface area contributed by atoms with Crippen LogP contribution in [0, 0.1) is 11.8 Å². The van der Waals surface area contributed by atoms with Gasteiger partial charge in [0.15, 0.2) is 5.96 Å². The Morgan fingerprint density at radius 1 is 1.21 bits per heavy atom. The Hall–Kier alpha value is -1.30. The third-order valence-electron chi connectivity index (χ3n) is 5.07. The van der Waals surface area contributed by atoms with E-state index in [0.717, 1.165) is 45.0 Å². The number of nitrogens with zero attached hydrogens (tertiary/aromatic N) is 3. The molecule has 0 aromatic heterocycles. The van der Waals surface area contributed by atoms with Crippen molar-refractivity contribution in [2.45, 2.75) is 39.5 Å². The molecule has 0 amide bonds. The van der Waals surface area contributed by atoms with Crippen LogP contribution in [-0.4, -0.2) is 74.7 Å². The largest absolute Gasteiger partial charge is 0.469 e. The van der Waals surface area contributed by atoms with E-state index in [-0.39, 0.29) is 11.9 Å². The van der Waals surface area contributed by atoms with E-state index in [9.17, 15) is 4.79 Å². The SMILES string of the molecule is CCCN1CCC(CN=C(NCC)N2CCC(C(=O)OC)CC2)C1. The molecule has 2 fully saturated rings. The number of hydrogen-bond acceptors (Lipinski definition) is 4. The Kier molecular flexibility index (Phi) is 7.82. The maximum atomic E-state index is 11.7. The molecule has 0 spiro atoms. The van der Waals surface area contributed by atoms with Crippen LogP contribution in [-0.2, 0) is 9.53 Å². The lowest BCUT2D eigenvalue weighted by atomic mass is 9.97. The fourth-order valence-electron chi connectivity index (χ4n) is 3.72. The number of aliphatic imine (C=N–C) groups is 1. The smallest absolute Gasteiger partial charge is 0.308 e. The fourth-order valence-corrected chi connectivity index (χ4v) is 3.72. The number of ether oxygens (including phenoxy) is 1. The summed E-state index contributed by atoms with van der Waals surface area (Å²) in [4.78, 5) is 21.4. The molecule has 0 aromatic rings. The lowest BCUT2D eigenvalue weighted by Crippen LogP contribution is -2.46. The van der Waals surface area contributed by atoms with Gasteiger partial charge in [-0.1, -0.05) is 6.92 Å². The molecule has 0 bridgehead atoms. The van der Waals surface area contributed by atoms with Crippen LogP contribution in [0.4, 0.5) is 0 Å². The van der Waals surface area contributed by atoms with E-state index >= 15 is 0 Å². The molecule has 0 radical (unpaired) electrons. The summed E-state index contributed by atoms with van der Waals surface area (Å²) in [5.74, 6) is 1.66. The van der Waals surface area contributed by atoms with Crippen LogP contribution in [0.3, 0.4) is 0 Å². The van der Waals surface area contributed by atoms with Gasteiger partial charge < -0.3 is 19.9 Å². The third-order valence-corrected chi connectivity index (χ3v) is 5.07. The Labute approximate surface area is 146 Å². The number of piperidine rings is 1. The van der Waals surface area contributed by atoms with E-state index in [1.165, 1.54) is 39.6 Å². The zero-order valence-electron chi connectivity index (χ0n) is 15.6. The number of carbonyl (C=O) groups is 1. The highest BCUT2D eigenvalue weighted by atomic mass is 16.5. The molecule has 0 aromatic carbocycles. The molecule has 1 N–H and O–H groups in total. The first-order valence-electron chi connectivity index (χ1n) is 9.51. The second-order valence-electron chi connectivity index (χ2n) is 6.93. The van der Waals surface area contributed by atoms with Crippen molar-refractivity contribution in [3.05, 3.63) is 0 Å². The first-order chi connectivity index (χ1) is 11.7. The van der Waals surface area contributed by atoms with Crippen molar-refractivity contribution >= 4 is 11.9 Å². The van der Waals surface area contributed by atoms with E-state index in [1.807, 2.05) is 0 Å². The Morgan fingerprint density at radius 3 is 2.58 bits per heavy atom. The van der Waals surface area contributed by atoms with E-state index in [1.54, 1.807) is 0 Å². The molecule has 1 atom stereocenters. The normalized spacial score (nSPS) is 23.5. The Morgan fingerprint density at radius 2 is 1.96 bits per heavy atom. The lowest BCUT2D eigenvalue weighted by molar-refractivity contribution is -0.146. The van der Waals surface area contributed by atoms with Crippen molar-refractivity contribution in [1.29, 1.82) is 0 Å². The Bertz CT molecular complexity index is 419. The van der Waals surface area contributed by atoms with Gasteiger partial charge in [0.2, 0.25) is 0 Å². The summed E-state index contributed by atoms with van der Waals surface area (Å²) in [6, 6.07) is 0. The number of nitrogens with one attached hydrogen (secondary N) is 1. The van der Waals surface area contributed by atoms with Gasteiger partial charge >= 0.3 is 5.97 Å². The summed E-state index contributed by atoms with van der Waals surface area (Å²) < 4.78 is 4.87. The maximum Gasteiger partial charge on any atom is 0.308 e. The van der Waals surface area contributed by atoms with Crippen LogP contribution in [0.15, 0.2) is 4.99 Å². The number of carbonyl (C=O) groups excluding carboxylic acids is 1. The molecule has 2 rings (SSSR count). The van der Waals surface area contributed by atoms with Crippen molar-refractivity contribution in [3.63, 3.8) is 0 Å². The minimum Gasteiger partial charge on any atom is -0.469 e. The Balaban J connectivity index is 1.84. The van der Waals surface area contributed by atoms with Gasteiger partial charge in [0.25, 0.3) is 0 Å². The molecule has 138 valence electrons. The van der Waals surface area contributed by atoms with Gasteiger partial charge in [-0.05, 0) is 51.6 Å². The maximum absolute atomic E-state index is 11.7. The van der Waals surface area contributed by atoms with E-state index in [0.29, 0.717) is 5.92 Å². The van der Waals surface area contributed by atoms with Crippen LogP contribution in [0.1, 0.15) is 39.5 Å². The summed E-state index contributed by atoms with van der Waals surface area (Å²) in [6.07, 6.45) is 4.19. The summed E-state index contributed by atoms with van der Waals surface area (Å²) in [5, 5.41) is 3.42. The molecule has 2 heterocycles. The van der Waals surface area contributed by atoms with Crippen LogP contribution >= 0.6 is 0 Å². The van der Waals surface area contributed by atoms with Crippen LogP contribution < -0.4 is 5.32 Å². The van der Waals surface area contributed by atoms with Crippen molar-refractivity contribution in [2.24, 2.45) is 16.8 Å². The average Bonchev–Trinajstić information content (AvgIpc) is 3.06. The van der Waals surface area contributed by atoms with Crippen molar-refractivity contribution in [3.8, 4) is 0 Å². The first-order valence-corrected chi connectivity index (χ1v) is 9.51. The van der Waals surface area contributed by atoms with Gasteiger partial charge in [-0.3, -0.25) is 9.79 Å². The lowest BCUT2D eigenvalue weighted by Gasteiger charge is -2.33. The molecule has 6 nitrogen and oxygen atoms in total. The van der Waals surface area contributed by atoms with Crippen molar-refractivity contribution < 1.29 is 9.53 Å². The van der Waals surface area contributed by atoms with Crippen LogP contribution in [0.2, 0.25) is 0 Å². The average molecular weight is 338 g/mol. The standard InChI is InChI=1S/C18H34N4O2/c1-4-9-21-10-6-15(14-21)13-20-18(19-5-2)22-11-7-16(8-12-22)17(23)24-3/h15-16H,4-14H2,1-3H3,(H,19,20). The predicted molar refractivity (Wildman–Crippen MR) is 97.1 cm³/mol. The van der Waals surface area contributed by atoms with E-state index < -0.39 is 0 Å². The highest BCUT2D eigenvalue weighted by Gasteiger charge is 2.27. The van der Waals surface area contributed by atoms with Gasteiger partial charge in [-0.25, -0.2) is 0 Å². The molecular formula is C18H34N4O2. The quantitative estimate of drug-likeness (QED) is 0.453. The first kappa shape index (κ1) is 19.0. The minimum absolute atomic E-state index is 0.0477. The van der Waals surface area contributed by atoms with Gasteiger partial charge in [0.05, 0.1) is 13.0 Å². The highest BCUT2D eigenvalue weighted by molar-refractivity contribution is 5.80. The summed E-state index contributed by atoms with van der Waals surface area (Å²) in [6.45, 7) is 11.5. The predicted octanol–water partition coefficient (Wildman–Crippen LogP) is 1.57. The van der Waals surface area contributed by atoms with Crippen molar-refractivity contribution in [2.75, 3.05) is 52.9 Å². The summed E-state index contributed by atoms with van der Waals surface area (Å²) in [5.41, 5.74) is 0. The number of likely N-dealkylation sites (tertiary alicyclic amines) is 2. The number of rotatable bonds is 6. The molecule has 2 aliphatic heterocycles. The number of guanidine groups is 1. The number of methoxy groups -OCH3 is 1. The number of esters is 1. The summed E-state index contributed by atoms with van der Waals surface area (Å²) in [7, 11) is 1.48. The minimum atomic E-state index is -0.0708. The monoisotopic (exact) mass is 338 g/mol. The molecule has 0 saturated carbocycles. The highest BCUT2D eigenvalue weighted by Crippen LogP contribution is 2.20. The van der Waals surface area contributed by atoms with Gasteiger partial charge in [-0.15, -0.1) is 0 Å². The second kappa shape index (κ2) is 9.87. The third kappa shape index (κ3) is 5.36. The van der Waals surface area contributed by atoms with Crippen LogP contribution in [0.5, 0.6) is 0 Å². The van der Waals surface area contributed by atoms with E-state index in [2.05, 4.69) is 29.0 Å². The second-order valence-corrected chi connectivity index (χ2v) is 6.93. The van der Waals surface area contributed by atoms with Gasteiger partial charge in [0.1, 0.15) is 0 Å². The van der Waals surface area contributed by atoms with Gasteiger partial charge in [0, 0.05) is 32.7 Å². The van der Waals surface area contributed by atoms with E-state index in [4.69, 9.17) is 9.73 Å². The molecule has 6 heteroatoms. The van der Waals surface area contributed by atoms with Crippen molar-refractivity contribution in [1.82, 2.24) is 15.1 Å². The number of hydrogen-bond donors (Lipinski definition) is 1. The molecule has 2 aliphatic rings. The summed E-state index contributed by atoms with van der Waals surface area (Å²) >= 11 is 0. The molecule has 0 aliphatic carbocycles. The zero-order valence-corrected chi connectivity index (χ0v) is 15.6. The molecule has 24 heavy (non-hydrogen) atoms. The fraction of sp³-hybridized carbons (Fsp3) is 0.889. The van der Waals surface area contributed by atoms with Gasteiger partial charge in [-0.2, -0.15) is 0 Å². The zero-order chi connectivity index (χ0) is 17.4. The molecule has 1 unspecified atom stereocenters. The van der Waals surface area contributed by atoms with Crippen LogP contribution in [0.25, 0.3) is 0 Å². The molecular weight excluding hydrogens is 304 g/mol.